The summed E-state index contributed by atoms with van der Waals surface area (Å²) < 4.78 is 16.5. The van der Waals surface area contributed by atoms with Crippen molar-refractivity contribution in [3.8, 4) is 17.6 Å². The van der Waals surface area contributed by atoms with Crippen molar-refractivity contribution in [3.05, 3.63) is 27.7 Å². The zero-order chi connectivity index (χ0) is 20.7. The summed E-state index contributed by atoms with van der Waals surface area (Å²) in [7, 11) is 4.55. The number of ether oxygens (including phenoxy) is 3. The molecule has 0 saturated heterocycles. The zero-order valence-corrected chi connectivity index (χ0v) is 18.3. The molecule has 1 aromatic rings. The third kappa shape index (κ3) is 5.06. The first-order valence-electron chi connectivity index (χ1n) is 9.10. The van der Waals surface area contributed by atoms with Gasteiger partial charge in [0.2, 0.25) is 5.91 Å². The molecule has 0 bridgehead atoms. The smallest absolute Gasteiger partial charge is 0.331 e. The van der Waals surface area contributed by atoms with Crippen LogP contribution in [-0.2, 0) is 25.5 Å². The lowest BCUT2D eigenvalue weighted by atomic mass is 9.80. The summed E-state index contributed by atoms with van der Waals surface area (Å²) in [6.45, 7) is 1.76. The Morgan fingerprint density at radius 2 is 1.93 bits per heavy atom. The molecular weight excluding hydrogens is 426 g/mol. The van der Waals surface area contributed by atoms with Crippen molar-refractivity contribution in [3.63, 3.8) is 0 Å². The normalized spacial score (nSPS) is 21.2. The summed E-state index contributed by atoms with van der Waals surface area (Å²) in [5, 5.41) is 2.92. The highest BCUT2D eigenvalue weighted by atomic mass is 79.9. The molecule has 1 aliphatic rings. The van der Waals surface area contributed by atoms with Crippen LogP contribution in [0.2, 0.25) is 0 Å². The van der Waals surface area contributed by atoms with E-state index in [-0.39, 0.29) is 18.4 Å². The fraction of sp³-hybridized carbons (Fsp3) is 0.524. The number of carbonyl (C=O) groups is 2. The third-order valence-electron chi connectivity index (χ3n) is 5.06. The summed E-state index contributed by atoms with van der Waals surface area (Å²) in [4.78, 5) is 25.3. The number of amides is 1. The zero-order valence-electron chi connectivity index (χ0n) is 16.7. The van der Waals surface area contributed by atoms with Crippen molar-refractivity contribution >= 4 is 27.8 Å². The molecular formula is C21H26BrNO5. The van der Waals surface area contributed by atoms with Crippen molar-refractivity contribution in [1.29, 1.82) is 0 Å². The summed E-state index contributed by atoms with van der Waals surface area (Å²) >= 11 is 3.50. The second-order valence-corrected chi connectivity index (χ2v) is 7.60. The lowest BCUT2D eigenvalue weighted by molar-refractivity contribution is -0.153. The average Bonchev–Trinajstić information content (AvgIpc) is 2.69. The van der Waals surface area contributed by atoms with Gasteiger partial charge in [0.25, 0.3) is 0 Å². The van der Waals surface area contributed by atoms with Gasteiger partial charge in [-0.2, -0.15) is 0 Å². The van der Waals surface area contributed by atoms with Crippen LogP contribution in [0, 0.1) is 11.8 Å². The van der Waals surface area contributed by atoms with Crippen LogP contribution in [0.25, 0.3) is 0 Å². The van der Waals surface area contributed by atoms with E-state index in [9.17, 15) is 9.59 Å². The van der Waals surface area contributed by atoms with Crippen LogP contribution < -0.4 is 10.1 Å². The van der Waals surface area contributed by atoms with Gasteiger partial charge in [-0.3, -0.25) is 4.79 Å². The lowest BCUT2D eigenvalue weighted by Gasteiger charge is -2.38. The Labute approximate surface area is 174 Å². The summed E-state index contributed by atoms with van der Waals surface area (Å²) in [5.74, 6) is 5.69. The maximum Gasteiger partial charge on any atom is 0.331 e. The molecule has 0 aliphatic heterocycles. The molecule has 1 aromatic carbocycles. The molecule has 0 atom stereocenters. The predicted octanol–water partition coefficient (Wildman–Crippen LogP) is 2.99. The van der Waals surface area contributed by atoms with Gasteiger partial charge in [0.05, 0.1) is 26.7 Å². The minimum absolute atomic E-state index is 0.0655. The first kappa shape index (κ1) is 22.3. The van der Waals surface area contributed by atoms with Crippen LogP contribution >= 0.6 is 15.9 Å². The van der Waals surface area contributed by atoms with Gasteiger partial charge in [-0.05, 0) is 44.7 Å². The van der Waals surface area contributed by atoms with E-state index in [4.69, 9.17) is 14.2 Å². The van der Waals surface area contributed by atoms with E-state index in [1.807, 2.05) is 6.07 Å². The first-order chi connectivity index (χ1) is 13.4. The molecule has 152 valence electrons. The van der Waals surface area contributed by atoms with E-state index in [1.54, 1.807) is 27.2 Å². The highest BCUT2D eigenvalue weighted by Gasteiger charge is 2.44. The largest absolute Gasteiger partial charge is 0.496 e. The van der Waals surface area contributed by atoms with E-state index in [0.717, 1.165) is 10.0 Å². The van der Waals surface area contributed by atoms with Crippen molar-refractivity contribution in [2.75, 3.05) is 21.3 Å². The van der Waals surface area contributed by atoms with E-state index < -0.39 is 11.5 Å². The summed E-state index contributed by atoms with van der Waals surface area (Å²) in [6.07, 6.45) is 2.49. The molecule has 0 unspecified atom stereocenters. The Bertz CT molecular complexity index is 788. The molecule has 0 heterocycles. The first-order valence-corrected chi connectivity index (χ1v) is 9.89. The molecule has 28 heavy (non-hydrogen) atoms. The molecule has 1 saturated carbocycles. The van der Waals surface area contributed by atoms with Crippen LogP contribution in [0.15, 0.2) is 16.6 Å². The molecule has 2 rings (SSSR count). The molecule has 1 amide bonds. The van der Waals surface area contributed by atoms with Gasteiger partial charge in [-0.1, -0.05) is 21.9 Å². The number of benzene rings is 1. The molecule has 0 radical (unpaired) electrons. The summed E-state index contributed by atoms with van der Waals surface area (Å²) in [5.41, 5.74) is 0.473. The van der Waals surface area contributed by atoms with Gasteiger partial charge in [0, 0.05) is 22.7 Å². The van der Waals surface area contributed by atoms with Crippen LogP contribution in [0.4, 0.5) is 0 Å². The number of hydrogen-bond donors (Lipinski definition) is 1. The van der Waals surface area contributed by atoms with Gasteiger partial charge >= 0.3 is 5.97 Å². The van der Waals surface area contributed by atoms with Crippen molar-refractivity contribution in [2.45, 2.75) is 50.7 Å². The van der Waals surface area contributed by atoms with Crippen LogP contribution in [-0.4, -0.2) is 44.8 Å². The Morgan fingerprint density at radius 3 is 2.46 bits per heavy atom. The maximum absolute atomic E-state index is 12.8. The summed E-state index contributed by atoms with van der Waals surface area (Å²) in [6, 6.07) is 3.64. The number of halogens is 1. The van der Waals surface area contributed by atoms with Gasteiger partial charge in [0.1, 0.15) is 11.3 Å². The average molecular weight is 452 g/mol. The monoisotopic (exact) mass is 451 g/mol. The Balaban J connectivity index is 2.21. The Morgan fingerprint density at radius 1 is 1.25 bits per heavy atom. The molecule has 0 aromatic heterocycles. The number of hydrogen-bond acceptors (Lipinski definition) is 5. The van der Waals surface area contributed by atoms with Crippen molar-refractivity contribution in [1.82, 2.24) is 5.32 Å². The molecule has 1 fully saturated rings. The van der Waals surface area contributed by atoms with Crippen molar-refractivity contribution in [2.24, 2.45) is 0 Å². The number of rotatable bonds is 6. The lowest BCUT2D eigenvalue weighted by Crippen LogP contribution is -2.57. The van der Waals surface area contributed by atoms with Crippen LogP contribution in [0.5, 0.6) is 5.75 Å². The highest BCUT2D eigenvalue weighted by molar-refractivity contribution is 9.10. The standard InChI is InChI=1S/C21H26BrNO5/c1-5-6-14-11-17(22)16(18(12-14)27-3)13-19(24)23-21(20(25)28-4)9-7-15(26-2)8-10-21/h11-12,15H,7-10,13H2,1-4H3,(H,23,24). The van der Waals surface area contributed by atoms with Crippen LogP contribution in [0.3, 0.4) is 0 Å². The molecule has 6 nitrogen and oxygen atoms in total. The predicted molar refractivity (Wildman–Crippen MR) is 109 cm³/mol. The maximum atomic E-state index is 12.8. The molecule has 1 aliphatic carbocycles. The van der Waals surface area contributed by atoms with Crippen molar-refractivity contribution < 1.29 is 23.8 Å². The number of nitrogens with one attached hydrogen (secondary N) is 1. The highest BCUT2D eigenvalue weighted by Crippen LogP contribution is 2.33. The van der Waals surface area contributed by atoms with Gasteiger partial charge < -0.3 is 19.5 Å². The third-order valence-corrected chi connectivity index (χ3v) is 5.76. The minimum atomic E-state index is -1.02. The van der Waals surface area contributed by atoms with Gasteiger partial charge in [-0.15, -0.1) is 5.92 Å². The van der Waals surface area contributed by atoms with Crippen LogP contribution in [0.1, 0.15) is 43.7 Å². The molecule has 1 N–H and O–H groups in total. The van der Waals surface area contributed by atoms with Gasteiger partial charge in [0.15, 0.2) is 0 Å². The molecule has 0 spiro atoms. The van der Waals surface area contributed by atoms with E-state index >= 15 is 0 Å². The number of carbonyl (C=O) groups excluding carboxylic acids is 2. The SMILES string of the molecule is CC#Cc1cc(Br)c(CC(=O)NC2(C(=O)OC)CCC(OC)CC2)c(OC)c1. The molecule has 7 heteroatoms. The Kier molecular flexibility index (Phi) is 7.90. The van der Waals surface area contributed by atoms with E-state index in [0.29, 0.717) is 37.0 Å². The topological polar surface area (TPSA) is 73.9 Å². The minimum Gasteiger partial charge on any atom is -0.496 e. The van der Waals surface area contributed by atoms with E-state index in [2.05, 4.69) is 33.1 Å². The fourth-order valence-corrected chi connectivity index (χ4v) is 4.13. The van der Waals surface area contributed by atoms with E-state index in [1.165, 1.54) is 7.11 Å². The fourth-order valence-electron chi connectivity index (χ4n) is 3.55. The number of methoxy groups -OCH3 is 3. The van der Waals surface area contributed by atoms with Gasteiger partial charge in [-0.25, -0.2) is 4.79 Å². The second-order valence-electron chi connectivity index (χ2n) is 6.75. The quantitative estimate of drug-likeness (QED) is 0.531. The second kappa shape index (κ2) is 9.94. The Hall–Kier alpha value is -2.04. The number of esters is 1.